The van der Waals surface area contributed by atoms with Crippen LogP contribution >= 0.6 is 0 Å². The molecule has 1 aromatic heterocycles. The van der Waals surface area contributed by atoms with E-state index in [1.54, 1.807) is 0 Å². The van der Waals surface area contributed by atoms with Gasteiger partial charge in [0.25, 0.3) is 0 Å². The summed E-state index contributed by atoms with van der Waals surface area (Å²) in [5, 5.41) is 2.34. The molecule has 0 saturated heterocycles. The Bertz CT molecular complexity index is 1310. The van der Waals surface area contributed by atoms with E-state index in [0.29, 0.717) is 0 Å². The normalized spacial score (nSPS) is 10.9. The zero-order valence-corrected chi connectivity index (χ0v) is 16.5. The zero-order valence-electron chi connectivity index (χ0n) is 16.5. The molecule has 1 heterocycles. The topological polar surface area (TPSA) is 51.8 Å². The maximum Gasteiger partial charge on any atom is 0.221 e. The van der Waals surface area contributed by atoms with E-state index in [4.69, 9.17) is 10.7 Å². The third kappa shape index (κ3) is 3.42. The monoisotopic (exact) mass is 387 g/mol. The molecule has 0 aliphatic rings. The Morgan fingerprint density at radius 2 is 1.23 bits per heavy atom. The number of nitrogens with zero attached hydrogens (tertiary/aromatic N) is 2. The lowest BCUT2D eigenvalue weighted by molar-refractivity contribution is 1.09. The van der Waals surface area contributed by atoms with Crippen LogP contribution in [0, 0.1) is 0 Å². The number of hydrogen-bond donors (Lipinski definition) is 1. The number of hydrogen-bond acceptors (Lipinski definition) is 3. The van der Waals surface area contributed by atoms with Crippen molar-refractivity contribution >= 4 is 16.7 Å². The van der Waals surface area contributed by atoms with E-state index in [-0.39, 0.29) is 5.95 Å². The van der Waals surface area contributed by atoms with Crippen molar-refractivity contribution < 1.29 is 0 Å². The summed E-state index contributed by atoms with van der Waals surface area (Å²) in [7, 11) is 0. The van der Waals surface area contributed by atoms with Crippen molar-refractivity contribution in [1.29, 1.82) is 0 Å². The predicted molar refractivity (Wildman–Crippen MR) is 124 cm³/mol. The van der Waals surface area contributed by atoms with E-state index < -0.39 is 0 Å². The summed E-state index contributed by atoms with van der Waals surface area (Å²) in [6.07, 6.45) is 0.726. The summed E-state index contributed by atoms with van der Waals surface area (Å²) in [4.78, 5) is 9.41. The molecular weight excluding hydrogens is 366 g/mol. The molecule has 0 radical (unpaired) electrons. The van der Waals surface area contributed by atoms with E-state index in [2.05, 4.69) is 83.8 Å². The van der Waals surface area contributed by atoms with Crippen LogP contribution in [-0.2, 0) is 6.42 Å². The Hall–Kier alpha value is -3.98. The molecule has 3 heteroatoms. The molecule has 0 aliphatic carbocycles. The van der Waals surface area contributed by atoms with Gasteiger partial charge in [-0.05, 0) is 16.3 Å². The van der Waals surface area contributed by atoms with Crippen LogP contribution < -0.4 is 5.73 Å². The van der Waals surface area contributed by atoms with Crippen molar-refractivity contribution in [1.82, 2.24) is 9.97 Å². The summed E-state index contributed by atoms with van der Waals surface area (Å²) in [6, 6.07) is 35.3. The van der Waals surface area contributed by atoms with Crippen LogP contribution in [0.5, 0.6) is 0 Å². The molecule has 0 unspecified atom stereocenters. The quantitative estimate of drug-likeness (QED) is 0.403. The number of nitrogens with two attached hydrogens (primary N) is 1. The molecule has 0 saturated carbocycles. The second kappa shape index (κ2) is 7.80. The minimum absolute atomic E-state index is 0.286. The molecule has 0 fully saturated rings. The highest BCUT2D eigenvalue weighted by Gasteiger charge is 2.18. The lowest BCUT2D eigenvalue weighted by atomic mass is 9.92. The van der Waals surface area contributed by atoms with Crippen molar-refractivity contribution in [2.75, 3.05) is 5.73 Å². The van der Waals surface area contributed by atoms with Gasteiger partial charge in [0.05, 0.1) is 11.4 Å². The molecule has 0 aliphatic heterocycles. The Morgan fingerprint density at radius 1 is 0.600 bits per heavy atom. The van der Waals surface area contributed by atoms with E-state index >= 15 is 0 Å². The van der Waals surface area contributed by atoms with Gasteiger partial charge in [-0.3, -0.25) is 0 Å². The van der Waals surface area contributed by atoms with E-state index in [1.165, 1.54) is 10.9 Å². The summed E-state index contributed by atoms with van der Waals surface area (Å²) in [5.41, 5.74) is 12.4. The third-order valence-corrected chi connectivity index (χ3v) is 5.34. The van der Waals surface area contributed by atoms with Crippen LogP contribution in [0.2, 0.25) is 0 Å². The van der Waals surface area contributed by atoms with E-state index in [0.717, 1.165) is 39.9 Å². The summed E-state index contributed by atoms with van der Waals surface area (Å²) >= 11 is 0. The van der Waals surface area contributed by atoms with E-state index in [1.807, 2.05) is 24.3 Å². The smallest absolute Gasteiger partial charge is 0.221 e. The Balaban J connectivity index is 1.81. The standard InChI is InChI=1S/C27H21N3/c28-27-29-25(21-13-5-2-6-14-21)24(18-19-10-3-1-4-11-19)26(30-27)23-17-9-15-20-12-7-8-16-22(20)23/h1-17H,18H2,(H2,28,29,30). The lowest BCUT2D eigenvalue weighted by Gasteiger charge is -2.16. The zero-order chi connectivity index (χ0) is 20.3. The van der Waals surface area contributed by atoms with E-state index in [9.17, 15) is 0 Å². The molecular formula is C27H21N3. The fourth-order valence-electron chi connectivity index (χ4n) is 3.96. The molecule has 2 N–H and O–H groups in total. The first-order chi connectivity index (χ1) is 14.8. The van der Waals surface area contributed by atoms with Gasteiger partial charge in [-0.15, -0.1) is 0 Å². The SMILES string of the molecule is Nc1nc(-c2ccccc2)c(Cc2ccccc2)c(-c2cccc3ccccc23)n1. The molecule has 5 aromatic rings. The highest BCUT2D eigenvalue weighted by Crippen LogP contribution is 2.35. The molecule has 0 bridgehead atoms. The van der Waals surface area contributed by atoms with Gasteiger partial charge in [-0.25, -0.2) is 9.97 Å². The van der Waals surface area contributed by atoms with Gasteiger partial charge in [0.1, 0.15) is 0 Å². The lowest BCUT2D eigenvalue weighted by Crippen LogP contribution is -2.06. The largest absolute Gasteiger partial charge is 0.368 e. The van der Waals surface area contributed by atoms with Crippen LogP contribution in [0.1, 0.15) is 11.1 Å². The first kappa shape index (κ1) is 18.1. The summed E-state index contributed by atoms with van der Waals surface area (Å²) in [6.45, 7) is 0. The Labute approximate surface area is 175 Å². The predicted octanol–water partition coefficient (Wildman–Crippen LogP) is 6.14. The van der Waals surface area contributed by atoms with Crippen molar-refractivity contribution in [3.8, 4) is 22.5 Å². The number of rotatable bonds is 4. The molecule has 0 spiro atoms. The van der Waals surface area contributed by atoms with Gasteiger partial charge in [0.2, 0.25) is 5.95 Å². The van der Waals surface area contributed by atoms with Crippen molar-refractivity contribution in [2.24, 2.45) is 0 Å². The first-order valence-corrected chi connectivity index (χ1v) is 10.0. The van der Waals surface area contributed by atoms with Gasteiger partial charge < -0.3 is 5.73 Å². The second-order valence-corrected chi connectivity index (χ2v) is 7.31. The van der Waals surface area contributed by atoms with Gasteiger partial charge in [-0.1, -0.05) is 103 Å². The van der Waals surface area contributed by atoms with Crippen molar-refractivity contribution in [3.63, 3.8) is 0 Å². The fraction of sp³-hybridized carbons (Fsp3) is 0.0370. The van der Waals surface area contributed by atoms with Gasteiger partial charge in [0.15, 0.2) is 0 Å². The molecule has 3 nitrogen and oxygen atoms in total. The Kier molecular flexibility index (Phi) is 4.70. The van der Waals surface area contributed by atoms with Crippen LogP contribution in [0.25, 0.3) is 33.3 Å². The highest BCUT2D eigenvalue weighted by atomic mass is 15.0. The van der Waals surface area contributed by atoms with Gasteiger partial charge in [0, 0.05) is 23.1 Å². The van der Waals surface area contributed by atoms with Crippen molar-refractivity contribution in [2.45, 2.75) is 6.42 Å². The van der Waals surface area contributed by atoms with Gasteiger partial charge in [-0.2, -0.15) is 0 Å². The average Bonchev–Trinajstić information content (AvgIpc) is 2.81. The molecule has 4 aromatic carbocycles. The average molecular weight is 387 g/mol. The minimum atomic E-state index is 0.286. The third-order valence-electron chi connectivity index (χ3n) is 5.34. The molecule has 30 heavy (non-hydrogen) atoms. The number of aromatic nitrogens is 2. The molecule has 0 atom stereocenters. The number of benzene rings is 4. The maximum atomic E-state index is 6.22. The molecule has 144 valence electrons. The van der Waals surface area contributed by atoms with Crippen LogP contribution in [-0.4, -0.2) is 9.97 Å². The number of anilines is 1. The number of fused-ring (bicyclic) bond motifs is 1. The van der Waals surface area contributed by atoms with Crippen molar-refractivity contribution in [3.05, 3.63) is 114 Å². The maximum absolute atomic E-state index is 6.22. The summed E-state index contributed by atoms with van der Waals surface area (Å²) in [5.74, 6) is 0.286. The van der Waals surface area contributed by atoms with Crippen LogP contribution in [0.3, 0.4) is 0 Å². The summed E-state index contributed by atoms with van der Waals surface area (Å²) < 4.78 is 0. The molecule has 5 rings (SSSR count). The first-order valence-electron chi connectivity index (χ1n) is 10.0. The van der Waals surface area contributed by atoms with Gasteiger partial charge >= 0.3 is 0 Å². The van der Waals surface area contributed by atoms with Crippen LogP contribution in [0.15, 0.2) is 103 Å². The highest BCUT2D eigenvalue weighted by molar-refractivity contribution is 5.97. The molecule has 0 amide bonds. The number of nitrogen functional groups attached to an aromatic ring is 1. The Morgan fingerprint density at radius 3 is 2.03 bits per heavy atom. The van der Waals surface area contributed by atoms with Crippen LogP contribution in [0.4, 0.5) is 5.95 Å². The fourth-order valence-corrected chi connectivity index (χ4v) is 3.96. The second-order valence-electron chi connectivity index (χ2n) is 7.31. The minimum Gasteiger partial charge on any atom is -0.368 e.